The van der Waals surface area contributed by atoms with Crippen molar-refractivity contribution in [1.82, 2.24) is 4.90 Å². The van der Waals surface area contributed by atoms with Crippen LogP contribution in [0, 0.1) is 0 Å². The van der Waals surface area contributed by atoms with E-state index in [9.17, 15) is 14.4 Å². The number of carbonyl (C=O) groups excluding carboxylic acids is 2. The van der Waals surface area contributed by atoms with Gasteiger partial charge in [-0.05, 0) is 23.8 Å². The summed E-state index contributed by atoms with van der Waals surface area (Å²) in [5, 5.41) is 9.21. The van der Waals surface area contributed by atoms with E-state index in [-0.39, 0.29) is 6.42 Å². The molecule has 0 aliphatic carbocycles. The molecule has 1 aliphatic heterocycles. The molecule has 1 unspecified atom stereocenters. The number of carboxylic acids is 1. The summed E-state index contributed by atoms with van der Waals surface area (Å²) >= 11 is 5.83. The van der Waals surface area contributed by atoms with Crippen LogP contribution < -0.4 is 0 Å². The van der Waals surface area contributed by atoms with Gasteiger partial charge in [0.05, 0.1) is 12.3 Å². The lowest BCUT2D eigenvalue weighted by atomic mass is 9.86. The van der Waals surface area contributed by atoms with Crippen LogP contribution in [0.1, 0.15) is 28.3 Å². The van der Waals surface area contributed by atoms with Gasteiger partial charge >= 0.3 is 5.97 Å². The number of carbonyl (C=O) groups is 3. The van der Waals surface area contributed by atoms with Gasteiger partial charge in [0.1, 0.15) is 0 Å². The van der Waals surface area contributed by atoms with Gasteiger partial charge in [-0.3, -0.25) is 19.3 Å². The summed E-state index contributed by atoms with van der Waals surface area (Å²) < 4.78 is 0. The van der Waals surface area contributed by atoms with Gasteiger partial charge < -0.3 is 5.11 Å². The summed E-state index contributed by atoms with van der Waals surface area (Å²) in [7, 11) is 1.34. The average molecular weight is 268 g/mol. The van der Waals surface area contributed by atoms with E-state index >= 15 is 0 Å². The Morgan fingerprint density at radius 2 is 2.11 bits per heavy atom. The van der Waals surface area contributed by atoms with Crippen molar-refractivity contribution in [2.24, 2.45) is 0 Å². The number of rotatable bonds is 2. The van der Waals surface area contributed by atoms with Crippen molar-refractivity contribution in [3.05, 3.63) is 34.3 Å². The Hall–Kier alpha value is -1.88. The third-order valence-corrected chi connectivity index (χ3v) is 3.17. The molecular weight excluding hydrogens is 258 g/mol. The predicted molar refractivity (Wildman–Crippen MR) is 63.5 cm³/mol. The highest BCUT2D eigenvalue weighted by atomic mass is 35.5. The molecular formula is C12H10ClNO4. The average Bonchev–Trinajstić information content (AvgIpc) is 2.31. The summed E-state index contributed by atoms with van der Waals surface area (Å²) in [6.45, 7) is 0. The van der Waals surface area contributed by atoms with Crippen molar-refractivity contribution in [2.45, 2.75) is 12.3 Å². The highest BCUT2D eigenvalue weighted by Gasteiger charge is 2.37. The van der Waals surface area contributed by atoms with Crippen LogP contribution in [0.25, 0.3) is 0 Å². The van der Waals surface area contributed by atoms with Crippen LogP contribution in [0.5, 0.6) is 0 Å². The number of benzene rings is 1. The lowest BCUT2D eigenvalue weighted by Gasteiger charge is -2.29. The summed E-state index contributed by atoms with van der Waals surface area (Å²) in [4.78, 5) is 35.6. The molecule has 1 aromatic rings. The molecule has 1 atom stereocenters. The maximum absolute atomic E-state index is 11.9. The van der Waals surface area contributed by atoms with E-state index in [2.05, 4.69) is 0 Å². The topological polar surface area (TPSA) is 74.7 Å². The first-order valence-corrected chi connectivity index (χ1v) is 5.62. The van der Waals surface area contributed by atoms with E-state index in [1.165, 1.54) is 19.2 Å². The van der Waals surface area contributed by atoms with Crippen molar-refractivity contribution in [1.29, 1.82) is 0 Å². The van der Waals surface area contributed by atoms with E-state index in [0.717, 1.165) is 4.90 Å². The van der Waals surface area contributed by atoms with Crippen molar-refractivity contribution >= 4 is 29.4 Å². The first-order valence-electron chi connectivity index (χ1n) is 5.25. The number of imide groups is 1. The SMILES string of the molecule is CN1C(=O)c2ccc(Cl)cc2C(CC(=O)O)C1=O. The molecule has 0 saturated heterocycles. The molecule has 1 aromatic carbocycles. The third kappa shape index (κ3) is 1.97. The van der Waals surface area contributed by atoms with E-state index in [4.69, 9.17) is 16.7 Å². The third-order valence-electron chi connectivity index (χ3n) is 2.93. The Balaban J connectivity index is 2.57. The normalized spacial score (nSPS) is 18.8. The quantitative estimate of drug-likeness (QED) is 0.824. The second-order valence-electron chi connectivity index (χ2n) is 4.08. The van der Waals surface area contributed by atoms with E-state index in [1.54, 1.807) is 6.07 Å². The molecule has 1 heterocycles. The standard InChI is InChI=1S/C12H10ClNO4/c1-14-11(17)7-3-2-6(13)4-8(7)9(12(14)18)5-10(15)16/h2-4,9H,5H2,1H3,(H,15,16). The first-order chi connectivity index (χ1) is 8.41. The maximum atomic E-state index is 11.9. The van der Waals surface area contributed by atoms with E-state index in [0.29, 0.717) is 16.1 Å². The zero-order valence-corrected chi connectivity index (χ0v) is 10.3. The lowest BCUT2D eigenvalue weighted by molar-refractivity contribution is -0.141. The largest absolute Gasteiger partial charge is 0.481 e. The Labute approximate surface area is 108 Å². The zero-order chi connectivity index (χ0) is 13.4. The summed E-state index contributed by atoms with van der Waals surface area (Å²) in [6.07, 6.45) is -0.357. The van der Waals surface area contributed by atoms with Gasteiger partial charge in [0.2, 0.25) is 5.91 Å². The van der Waals surface area contributed by atoms with Crippen LogP contribution in [0.15, 0.2) is 18.2 Å². The maximum Gasteiger partial charge on any atom is 0.304 e. The highest BCUT2D eigenvalue weighted by molar-refractivity contribution is 6.31. The fourth-order valence-electron chi connectivity index (χ4n) is 2.04. The van der Waals surface area contributed by atoms with Gasteiger partial charge in [0.25, 0.3) is 5.91 Å². The molecule has 1 N–H and O–H groups in total. The first kappa shape index (κ1) is 12.6. The Morgan fingerprint density at radius 3 is 2.72 bits per heavy atom. The molecule has 94 valence electrons. The second kappa shape index (κ2) is 4.42. The zero-order valence-electron chi connectivity index (χ0n) is 9.51. The van der Waals surface area contributed by atoms with Crippen molar-refractivity contribution < 1.29 is 19.5 Å². The number of likely N-dealkylation sites (N-methyl/N-ethyl adjacent to an activating group) is 1. The number of halogens is 1. The number of amides is 2. The number of hydrogen-bond acceptors (Lipinski definition) is 3. The smallest absolute Gasteiger partial charge is 0.304 e. The molecule has 2 rings (SSSR count). The number of carboxylic acid groups (broad SMARTS) is 1. The molecule has 0 fully saturated rings. The molecule has 0 saturated carbocycles. The summed E-state index contributed by atoms with van der Waals surface area (Å²) in [5.74, 6) is -2.91. The number of fused-ring (bicyclic) bond motifs is 1. The van der Waals surface area contributed by atoms with Crippen LogP contribution in [-0.4, -0.2) is 34.8 Å². The van der Waals surface area contributed by atoms with Crippen molar-refractivity contribution in [2.75, 3.05) is 7.05 Å². The van der Waals surface area contributed by atoms with Gasteiger partial charge in [-0.15, -0.1) is 0 Å². The number of nitrogens with zero attached hydrogens (tertiary/aromatic N) is 1. The molecule has 0 aromatic heterocycles. The minimum atomic E-state index is -1.10. The lowest BCUT2D eigenvalue weighted by Crippen LogP contribution is -2.42. The molecule has 2 amide bonds. The fraction of sp³-hybridized carbons (Fsp3) is 0.250. The second-order valence-corrected chi connectivity index (χ2v) is 4.52. The summed E-state index contributed by atoms with van der Waals surface area (Å²) in [5.41, 5.74) is 0.714. The van der Waals surface area contributed by atoms with E-state index in [1.807, 2.05) is 0 Å². The molecule has 0 bridgehead atoms. The Bertz CT molecular complexity index is 555. The summed E-state index contributed by atoms with van der Waals surface area (Å²) in [6, 6.07) is 4.53. The Morgan fingerprint density at radius 1 is 1.44 bits per heavy atom. The highest BCUT2D eigenvalue weighted by Crippen LogP contribution is 2.32. The van der Waals surface area contributed by atoms with Crippen molar-refractivity contribution in [3.8, 4) is 0 Å². The number of aliphatic carboxylic acids is 1. The number of hydrogen-bond donors (Lipinski definition) is 1. The van der Waals surface area contributed by atoms with Crippen LogP contribution in [-0.2, 0) is 9.59 Å². The van der Waals surface area contributed by atoms with Gasteiger partial charge in [-0.25, -0.2) is 0 Å². The molecule has 5 nitrogen and oxygen atoms in total. The van der Waals surface area contributed by atoms with Crippen LogP contribution in [0.2, 0.25) is 5.02 Å². The van der Waals surface area contributed by atoms with Gasteiger partial charge in [-0.1, -0.05) is 11.6 Å². The van der Waals surface area contributed by atoms with Crippen LogP contribution in [0.3, 0.4) is 0 Å². The molecule has 6 heteroatoms. The molecule has 1 aliphatic rings. The molecule has 0 spiro atoms. The molecule has 18 heavy (non-hydrogen) atoms. The van der Waals surface area contributed by atoms with E-state index < -0.39 is 23.7 Å². The van der Waals surface area contributed by atoms with Crippen LogP contribution in [0.4, 0.5) is 0 Å². The van der Waals surface area contributed by atoms with Gasteiger partial charge in [-0.2, -0.15) is 0 Å². The molecule has 0 radical (unpaired) electrons. The predicted octanol–water partition coefficient (Wildman–Crippen LogP) is 1.51. The minimum absolute atomic E-state index is 0.327. The van der Waals surface area contributed by atoms with Gasteiger partial charge in [0, 0.05) is 17.6 Å². The minimum Gasteiger partial charge on any atom is -0.481 e. The monoisotopic (exact) mass is 267 g/mol. The Kier molecular flexibility index (Phi) is 3.09. The fourth-order valence-corrected chi connectivity index (χ4v) is 2.22. The van der Waals surface area contributed by atoms with Crippen LogP contribution >= 0.6 is 11.6 Å². The van der Waals surface area contributed by atoms with Gasteiger partial charge in [0.15, 0.2) is 0 Å². The van der Waals surface area contributed by atoms with Crippen molar-refractivity contribution in [3.63, 3.8) is 0 Å².